The van der Waals surface area contributed by atoms with Crippen molar-refractivity contribution < 1.29 is 9.90 Å². The highest BCUT2D eigenvalue weighted by molar-refractivity contribution is 5.66. The normalized spacial score (nSPS) is 12.9. The fraction of sp³-hybridized carbons (Fsp3) is 0.824. The van der Waals surface area contributed by atoms with Crippen LogP contribution in [-0.2, 0) is 4.79 Å². The third kappa shape index (κ3) is 15.2. The first-order valence-electron chi connectivity index (χ1n) is 8.05. The van der Waals surface area contributed by atoms with Crippen molar-refractivity contribution in [3.05, 3.63) is 12.2 Å². The molecule has 0 heterocycles. The zero-order chi connectivity index (χ0) is 14.3. The van der Waals surface area contributed by atoms with Crippen LogP contribution in [0.25, 0.3) is 0 Å². The van der Waals surface area contributed by atoms with E-state index in [1.54, 1.807) is 0 Å². The van der Waals surface area contributed by atoms with Crippen LogP contribution in [0.15, 0.2) is 12.2 Å². The fourth-order valence-electron chi connectivity index (χ4n) is 2.21. The first kappa shape index (κ1) is 18.2. The summed E-state index contributed by atoms with van der Waals surface area (Å²) in [5.74, 6) is 0.0301. The van der Waals surface area contributed by atoms with Crippen molar-refractivity contribution in [1.82, 2.24) is 0 Å². The van der Waals surface area contributed by atoms with Crippen molar-refractivity contribution in [3.63, 3.8) is 0 Å². The van der Waals surface area contributed by atoms with E-state index in [0.717, 1.165) is 12.8 Å². The predicted octanol–water partition coefficient (Wildman–Crippen LogP) is 5.57. The number of carboxylic acid groups (broad SMARTS) is 1. The molecule has 0 aromatic rings. The van der Waals surface area contributed by atoms with Crippen molar-refractivity contribution in [1.29, 1.82) is 0 Å². The molecule has 0 bridgehead atoms. The number of hydrogen-bond acceptors (Lipinski definition) is 1. The molecule has 0 rings (SSSR count). The molecule has 0 aromatic carbocycles. The molecule has 0 spiro atoms. The van der Waals surface area contributed by atoms with Crippen LogP contribution in [0.1, 0.15) is 84.5 Å². The van der Waals surface area contributed by atoms with E-state index in [0.29, 0.717) is 12.3 Å². The minimum Gasteiger partial charge on any atom is -0.481 e. The Morgan fingerprint density at radius 1 is 1.05 bits per heavy atom. The van der Waals surface area contributed by atoms with Crippen LogP contribution in [0.3, 0.4) is 0 Å². The van der Waals surface area contributed by atoms with Crippen LogP contribution in [0, 0.1) is 5.92 Å². The van der Waals surface area contributed by atoms with Crippen LogP contribution in [0.2, 0.25) is 0 Å². The number of rotatable bonds is 13. The average molecular weight is 268 g/mol. The van der Waals surface area contributed by atoms with Crippen molar-refractivity contribution in [2.75, 3.05) is 0 Å². The quantitative estimate of drug-likeness (QED) is 0.350. The van der Waals surface area contributed by atoms with Crippen molar-refractivity contribution in [3.8, 4) is 0 Å². The molecule has 0 aliphatic heterocycles. The Hall–Kier alpha value is -0.790. The number of allylic oxidation sites excluding steroid dienone is 2. The number of unbranched alkanes of at least 4 members (excludes halogenated alkanes) is 7. The van der Waals surface area contributed by atoms with E-state index in [1.165, 1.54) is 51.4 Å². The van der Waals surface area contributed by atoms with Crippen molar-refractivity contribution >= 4 is 5.97 Å². The molecular weight excluding hydrogens is 236 g/mol. The summed E-state index contributed by atoms with van der Waals surface area (Å²) in [6.45, 7) is 4.53. The van der Waals surface area contributed by atoms with Gasteiger partial charge in [0.25, 0.3) is 0 Å². The largest absolute Gasteiger partial charge is 0.481 e. The van der Waals surface area contributed by atoms with Gasteiger partial charge in [0, 0.05) is 6.42 Å². The minimum absolute atomic E-state index is 0.330. The smallest absolute Gasteiger partial charge is 0.303 e. The van der Waals surface area contributed by atoms with Gasteiger partial charge < -0.3 is 5.11 Å². The lowest BCUT2D eigenvalue weighted by Gasteiger charge is -2.06. The average Bonchev–Trinajstić information content (AvgIpc) is 2.37. The summed E-state index contributed by atoms with van der Waals surface area (Å²) in [5, 5.41) is 8.52. The molecule has 1 atom stereocenters. The molecule has 0 saturated carbocycles. The lowest BCUT2D eigenvalue weighted by atomic mass is 10.0. The Morgan fingerprint density at radius 2 is 1.74 bits per heavy atom. The highest BCUT2D eigenvalue weighted by atomic mass is 16.4. The van der Waals surface area contributed by atoms with Crippen LogP contribution >= 0.6 is 0 Å². The van der Waals surface area contributed by atoms with Crippen LogP contribution in [0.4, 0.5) is 0 Å². The molecule has 2 heteroatoms. The second kappa shape index (κ2) is 13.6. The van der Waals surface area contributed by atoms with E-state index in [2.05, 4.69) is 26.0 Å². The highest BCUT2D eigenvalue weighted by Gasteiger charge is 1.99. The number of aliphatic carboxylic acids is 1. The minimum atomic E-state index is -0.665. The summed E-state index contributed by atoms with van der Waals surface area (Å²) < 4.78 is 0. The van der Waals surface area contributed by atoms with Gasteiger partial charge in [0.1, 0.15) is 0 Å². The standard InChI is InChI=1S/C17H32O2/c1-3-4-5-7-10-13-16(2)14-11-8-6-9-12-15-17(18)19/h10,13,16H,3-9,11-12,14-15H2,1-2H3,(H,18,19). The third-order valence-electron chi connectivity index (χ3n) is 3.49. The van der Waals surface area contributed by atoms with E-state index in [1.807, 2.05) is 0 Å². The van der Waals surface area contributed by atoms with E-state index in [9.17, 15) is 4.79 Å². The van der Waals surface area contributed by atoms with Gasteiger partial charge in [-0.25, -0.2) is 0 Å². The lowest BCUT2D eigenvalue weighted by Crippen LogP contribution is -1.94. The van der Waals surface area contributed by atoms with Crippen LogP contribution < -0.4 is 0 Å². The summed E-state index contributed by atoms with van der Waals surface area (Å²) in [4.78, 5) is 10.3. The number of carboxylic acids is 1. The molecule has 1 N–H and O–H groups in total. The second-order valence-corrected chi connectivity index (χ2v) is 5.60. The lowest BCUT2D eigenvalue weighted by molar-refractivity contribution is -0.137. The summed E-state index contributed by atoms with van der Waals surface area (Å²) in [6, 6.07) is 0. The van der Waals surface area contributed by atoms with Gasteiger partial charge in [-0.15, -0.1) is 0 Å². The molecule has 2 nitrogen and oxygen atoms in total. The Morgan fingerprint density at radius 3 is 2.42 bits per heavy atom. The Kier molecular flexibility index (Phi) is 13.1. The van der Waals surface area contributed by atoms with Crippen molar-refractivity contribution in [2.24, 2.45) is 5.92 Å². The van der Waals surface area contributed by atoms with Crippen LogP contribution in [-0.4, -0.2) is 11.1 Å². The number of carbonyl (C=O) groups is 1. The van der Waals surface area contributed by atoms with Gasteiger partial charge in [-0.05, 0) is 31.6 Å². The summed E-state index contributed by atoms with van der Waals surface area (Å²) in [6.07, 6.45) is 17.1. The molecule has 0 radical (unpaired) electrons. The van der Waals surface area contributed by atoms with Gasteiger partial charge in [-0.2, -0.15) is 0 Å². The second-order valence-electron chi connectivity index (χ2n) is 5.60. The summed E-state index contributed by atoms with van der Waals surface area (Å²) in [7, 11) is 0. The van der Waals surface area contributed by atoms with Gasteiger partial charge in [-0.1, -0.05) is 64.5 Å². The van der Waals surface area contributed by atoms with Gasteiger partial charge >= 0.3 is 5.97 Å². The van der Waals surface area contributed by atoms with Gasteiger partial charge in [-0.3, -0.25) is 4.79 Å². The molecular formula is C17H32O2. The van der Waals surface area contributed by atoms with Gasteiger partial charge in [0.15, 0.2) is 0 Å². The van der Waals surface area contributed by atoms with Gasteiger partial charge in [0.2, 0.25) is 0 Å². The summed E-state index contributed by atoms with van der Waals surface area (Å²) in [5.41, 5.74) is 0. The zero-order valence-corrected chi connectivity index (χ0v) is 12.9. The van der Waals surface area contributed by atoms with E-state index in [-0.39, 0.29) is 0 Å². The fourth-order valence-corrected chi connectivity index (χ4v) is 2.21. The molecule has 0 saturated heterocycles. The maximum Gasteiger partial charge on any atom is 0.303 e. The first-order valence-corrected chi connectivity index (χ1v) is 8.05. The Labute approximate surface area is 119 Å². The molecule has 112 valence electrons. The topological polar surface area (TPSA) is 37.3 Å². The third-order valence-corrected chi connectivity index (χ3v) is 3.49. The molecule has 19 heavy (non-hydrogen) atoms. The Bertz CT molecular complexity index is 233. The maximum atomic E-state index is 10.3. The molecule has 0 aliphatic carbocycles. The van der Waals surface area contributed by atoms with Gasteiger partial charge in [0.05, 0.1) is 0 Å². The summed E-state index contributed by atoms with van der Waals surface area (Å²) >= 11 is 0. The predicted molar refractivity (Wildman–Crippen MR) is 82.4 cm³/mol. The molecule has 0 amide bonds. The molecule has 1 unspecified atom stereocenters. The van der Waals surface area contributed by atoms with E-state index < -0.39 is 5.97 Å². The van der Waals surface area contributed by atoms with E-state index >= 15 is 0 Å². The number of hydrogen-bond donors (Lipinski definition) is 1. The SMILES string of the molecule is CCCCCC=CC(C)CCCCCCCC(=O)O. The molecule has 0 fully saturated rings. The van der Waals surface area contributed by atoms with Crippen LogP contribution in [0.5, 0.6) is 0 Å². The maximum absolute atomic E-state index is 10.3. The highest BCUT2D eigenvalue weighted by Crippen LogP contribution is 2.13. The monoisotopic (exact) mass is 268 g/mol. The molecule has 0 aromatic heterocycles. The Balaban J connectivity index is 3.28. The van der Waals surface area contributed by atoms with Crippen molar-refractivity contribution in [2.45, 2.75) is 84.5 Å². The molecule has 0 aliphatic rings. The zero-order valence-electron chi connectivity index (χ0n) is 12.9. The van der Waals surface area contributed by atoms with E-state index in [4.69, 9.17) is 5.11 Å². The first-order chi connectivity index (χ1) is 9.16.